The molecule has 1 aromatic rings. The highest BCUT2D eigenvalue weighted by Crippen LogP contribution is 2.19. The Hall–Kier alpha value is -1.01. The van der Waals surface area contributed by atoms with Crippen LogP contribution in [0.3, 0.4) is 0 Å². The van der Waals surface area contributed by atoms with Crippen LogP contribution in [-0.2, 0) is 4.79 Å². The molecule has 0 fully saturated rings. The van der Waals surface area contributed by atoms with Crippen molar-refractivity contribution in [3.63, 3.8) is 0 Å². The number of amides is 1. The molecule has 1 unspecified atom stereocenters. The fourth-order valence-corrected chi connectivity index (χ4v) is 1.94. The molecule has 1 amide bonds. The Labute approximate surface area is 92.8 Å². The first-order valence-electron chi connectivity index (χ1n) is 4.59. The van der Waals surface area contributed by atoms with Crippen molar-refractivity contribution >= 4 is 17.7 Å². The van der Waals surface area contributed by atoms with Gasteiger partial charge in [-0.25, -0.2) is 4.98 Å². The van der Waals surface area contributed by atoms with Crippen LogP contribution in [0.1, 0.15) is 13.3 Å². The minimum Gasteiger partial charge on any atom is -0.440 e. The van der Waals surface area contributed by atoms with E-state index in [1.165, 1.54) is 18.0 Å². The van der Waals surface area contributed by atoms with E-state index in [9.17, 15) is 4.79 Å². The largest absolute Gasteiger partial charge is 0.440 e. The second kappa shape index (κ2) is 5.18. The SMILES string of the molecule is CNC(C)(CCSc1ncco1)C(N)=O. The maximum atomic E-state index is 11.2. The zero-order chi connectivity index (χ0) is 11.3. The van der Waals surface area contributed by atoms with Crippen LogP contribution in [0.15, 0.2) is 22.1 Å². The number of nitrogens with zero attached hydrogens (tertiary/aromatic N) is 1. The third-order valence-corrected chi connectivity index (χ3v) is 3.19. The fourth-order valence-electron chi connectivity index (χ4n) is 0.996. The lowest BCUT2D eigenvalue weighted by Gasteiger charge is -2.24. The van der Waals surface area contributed by atoms with Crippen molar-refractivity contribution in [2.45, 2.75) is 24.1 Å². The molecular weight excluding hydrogens is 214 g/mol. The van der Waals surface area contributed by atoms with Gasteiger partial charge in [0, 0.05) is 5.75 Å². The number of nitrogens with one attached hydrogen (secondary N) is 1. The highest BCUT2D eigenvalue weighted by molar-refractivity contribution is 7.99. The Kier molecular flexibility index (Phi) is 4.16. The maximum absolute atomic E-state index is 11.2. The van der Waals surface area contributed by atoms with Gasteiger partial charge in [-0.3, -0.25) is 4.79 Å². The van der Waals surface area contributed by atoms with Gasteiger partial charge >= 0.3 is 0 Å². The minimum absolute atomic E-state index is 0.349. The van der Waals surface area contributed by atoms with E-state index < -0.39 is 5.54 Å². The molecule has 0 aliphatic carbocycles. The number of primary amides is 1. The molecule has 0 saturated heterocycles. The monoisotopic (exact) mass is 229 g/mol. The summed E-state index contributed by atoms with van der Waals surface area (Å²) in [4.78, 5) is 15.1. The lowest BCUT2D eigenvalue weighted by molar-refractivity contribution is -0.123. The lowest BCUT2D eigenvalue weighted by Crippen LogP contribution is -2.51. The molecule has 5 nitrogen and oxygen atoms in total. The minimum atomic E-state index is -0.667. The molecule has 0 aromatic carbocycles. The number of likely N-dealkylation sites (N-methyl/N-ethyl adjacent to an activating group) is 1. The second-order valence-electron chi connectivity index (χ2n) is 3.34. The van der Waals surface area contributed by atoms with Crippen LogP contribution < -0.4 is 11.1 Å². The summed E-state index contributed by atoms with van der Waals surface area (Å²) in [6, 6.07) is 0. The molecule has 1 rings (SSSR count). The van der Waals surface area contributed by atoms with Crippen molar-refractivity contribution < 1.29 is 9.21 Å². The third-order valence-electron chi connectivity index (χ3n) is 2.33. The number of aromatic nitrogens is 1. The van der Waals surface area contributed by atoms with E-state index in [1.54, 1.807) is 20.2 Å². The molecule has 0 aliphatic heterocycles. The summed E-state index contributed by atoms with van der Waals surface area (Å²) in [5.74, 6) is 0.374. The molecular formula is C9H15N3O2S. The Morgan fingerprint density at radius 3 is 3.00 bits per heavy atom. The van der Waals surface area contributed by atoms with Crippen LogP contribution in [-0.4, -0.2) is 29.2 Å². The van der Waals surface area contributed by atoms with Gasteiger partial charge in [-0.2, -0.15) is 0 Å². The van der Waals surface area contributed by atoms with Crippen LogP contribution in [0.4, 0.5) is 0 Å². The molecule has 84 valence electrons. The average Bonchev–Trinajstić information content (AvgIpc) is 2.70. The molecule has 1 heterocycles. The van der Waals surface area contributed by atoms with Crippen molar-refractivity contribution in [2.75, 3.05) is 12.8 Å². The summed E-state index contributed by atoms with van der Waals surface area (Å²) in [5.41, 5.74) is 4.62. The topological polar surface area (TPSA) is 81.2 Å². The molecule has 0 aliphatic rings. The maximum Gasteiger partial charge on any atom is 0.255 e. The summed E-state index contributed by atoms with van der Waals surface area (Å²) in [5, 5.41) is 3.53. The highest BCUT2D eigenvalue weighted by Gasteiger charge is 2.28. The van der Waals surface area contributed by atoms with Gasteiger partial charge in [-0.15, -0.1) is 0 Å². The van der Waals surface area contributed by atoms with Crippen LogP contribution in [0.5, 0.6) is 0 Å². The van der Waals surface area contributed by atoms with Crippen LogP contribution >= 0.6 is 11.8 Å². The first-order chi connectivity index (χ1) is 7.08. The standard InChI is InChI=1S/C9H15N3O2S/c1-9(11-2,7(10)13)3-6-15-8-12-4-5-14-8/h4-5,11H,3,6H2,1-2H3,(H2,10,13). The van der Waals surface area contributed by atoms with Crippen molar-refractivity contribution in [3.8, 4) is 0 Å². The van der Waals surface area contributed by atoms with E-state index in [2.05, 4.69) is 10.3 Å². The second-order valence-corrected chi connectivity index (χ2v) is 4.39. The Balaban J connectivity index is 2.38. The number of carbonyl (C=O) groups is 1. The Morgan fingerprint density at radius 2 is 2.53 bits per heavy atom. The first-order valence-corrected chi connectivity index (χ1v) is 5.58. The zero-order valence-electron chi connectivity index (χ0n) is 8.82. The highest BCUT2D eigenvalue weighted by atomic mass is 32.2. The summed E-state index contributed by atoms with van der Waals surface area (Å²) in [7, 11) is 1.72. The molecule has 1 atom stereocenters. The van der Waals surface area contributed by atoms with E-state index in [0.717, 1.165) is 5.75 Å². The van der Waals surface area contributed by atoms with Crippen molar-refractivity contribution in [1.29, 1.82) is 0 Å². The zero-order valence-corrected chi connectivity index (χ0v) is 9.63. The van der Waals surface area contributed by atoms with Crippen LogP contribution in [0.2, 0.25) is 0 Å². The normalized spacial score (nSPS) is 14.8. The molecule has 6 heteroatoms. The van der Waals surface area contributed by atoms with Gasteiger partial charge in [0.25, 0.3) is 5.22 Å². The summed E-state index contributed by atoms with van der Waals surface area (Å²) >= 11 is 1.46. The van der Waals surface area contributed by atoms with Crippen LogP contribution in [0, 0.1) is 0 Å². The quantitative estimate of drug-likeness (QED) is 0.699. The fraction of sp³-hybridized carbons (Fsp3) is 0.556. The molecule has 0 saturated carbocycles. The lowest BCUT2D eigenvalue weighted by atomic mass is 9.99. The smallest absolute Gasteiger partial charge is 0.255 e. The van der Waals surface area contributed by atoms with Crippen molar-refractivity contribution in [1.82, 2.24) is 10.3 Å². The van der Waals surface area contributed by atoms with E-state index in [0.29, 0.717) is 11.6 Å². The predicted octanol–water partition coefficient (Wildman–Crippen LogP) is 0.620. The summed E-state index contributed by atoms with van der Waals surface area (Å²) < 4.78 is 5.06. The van der Waals surface area contributed by atoms with Crippen molar-refractivity contribution in [3.05, 3.63) is 12.5 Å². The molecule has 0 bridgehead atoms. The predicted molar refractivity (Wildman–Crippen MR) is 58.5 cm³/mol. The van der Waals surface area contributed by atoms with E-state index in [4.69, 9.17) is 10.2 Å². The number of nitrogens with two attached hydrogens (primary N) is 1. The Morgan fingerprint density at radius 1 is 1.80 bits per heavy atom. The van der Waals surface area contributed by atoms with Gasteiger partial charge in [0.1, 0.15) is 6.26 Å². The van der Waals surface area contributed by atoms with Crippen LogP contribution in [0.25, 0.3) is 0 Å². The first kappa shape index (κ1) is 12.1. The van der Waals surface area contributed by atoms with Gasteiger partial charge < -0.3 is 15.5 Å². The number of rotatable bonds is 6. The Bertz CT molecular complexity index is 315. The van der Waals surface area contributed by atoms with Gasteiger partial charge in [0.2, 0.25) is 5.91 Å². The van der Waals surface area contributed by atoms with Gasteiger partial charge in [0.15, 0.2) is 0 Å². The average molecular weight is 229 g/mol. The van der Waals surface area contributed by atoms with E-state index in [1.807, 2.05) is 0 Å². The summed E-state index contributed by atoms with van der Waals surface area (Å²) in [6.07, 6.45) is 3.74. The molecule has 0 radical (unpaired) electrons. The molecule has 15 heavy (non-hydrogen) atoms. The molecule has 1 aromatic heterocycles. The molecule has 3 N–H and O–H groups in total. The number of oxazole rings is 1. The number of carbonyl (C=O) groups excluding carboxylic acids is 1. The summed E-state index contributed by atoms with van der Waals surface area (Å²) in [6.45, 7) is 1.78. The number of hydrogen-bond donors (Lipinski definition) is 2. The number of hydrogen-bond acceptors (Lipinski definition) is 5. The number of thioether (sulfide) groups is 1. The van der Waals surface area contributed by atoms with E-state index in [-0.39, 0.29) is 5.91 Å². The van der Waals surface area contributed by atoms with Crippen molar-refractivity contribution in [2.24, 2.45) is 5.73 Å². The van der Waals surface area contributed by atoms with Gasteiger partial charge in [0.05, 0.1) is 11.7 Å². The molecule has 0 spiro atoms. The van der Waals surface area contributed by atoms with Gasteiger partial charge in [-0.1, -0.05) is 11.8 Å². The van der Waals surface area contributed by atoms with E-state index >= 15 is 0 Å². The van der Waals surface area contributed by atoms with Gasteiger partial charge in [-0.05, 0) is 20.4 Å². The third kappa shape index (κ3) is 3.24.